The van der Waals surface area contributed by atoms with Crippen molar-refractivity contribution in [3.8, 4) is 10.7 Å². The quantitative estimate of drug-likeness (QED) is 0.923. The van der Waals surface area contributed by atoms with Gasteiger partial charge in [-0.15, -0.1) is 11.3 Å². The van der Waals surface area contributed by atoms with E-state index in [1.807, 2.05) is 31.5 Å². The standard InChI is InChI=1S/C12H15N3O2S/c1-4-15-8(5-6-13-15)11-14-9(7(2)3)10(18-11)12(16)17/h5-7H,4H2,1-3H3,(H,16,17). The Morgan fingerprint density at radius 2 is 2.28 bits per heavy atom. The number of carboxylic acid groups (broad SMARTS) is 1. The average molecular weight is 265 g/mol. The van der Waals surface area contributed by atoms with Crippen molar-refractivity contribution >= 4 is 17.3 Å². The van der Waals surface area contributed by atoms with Crippen molar-refractivity contribution in [1.29, 1.82) is 0 Å². The zero-order valence-corrected chi connectivity index (χ0v) is 11.4. The van der Waals surface area contributed by atoms with Gasteiger partial charge >= 0.3 is 5.97 Å². The second-order valence-electron chi connectivity index (χ2n) is 4.23. The average Bonchev–Trinajstić information content (AvgIpc) is 2.94. The normalized spacial score (nSPS) is 11.1. The van der Waals surface area contributed by atoms with Crippen molar-refractivity contribution in [3.05, 3.63) is 22.8 Å². The second-order valence-corrected chi connectivity index (χ2v) is 5.22. The fourth-order valence-electron chi connectivity index (χ4n) is 1.75. The summed E-state index contributed by atoms with van der Waals surface area (Å²) >= 11 is 1.21. The van der Waals surface area contributed by atoms with Gasteiger partial charge in [0.25, 0.3) is 0 Å². The van der Waals surface area contributed by atoms with Gasteiger partial charge in [0.1, 0.15) is 9.88 Å². The molecule has 0 saturated heterocycles. The molecular formula is C12H15N3O2S. The van der Waals surface area contributed by atoms with E-state index in [1.54, 1.807) is 6.20 Å². The van der Waals surface area contributed by atoms with Crippen molar-refractivity contribution < 1.29 is 9.90 Å². The van der Waals surface area contributed by atoms with Crippen LogP contribution in [0.3, 0.4) is 0 Å². The molecule has 0 atom stereocenters. The van der Waals surface area contributed by atoms with E-state index < -0.39 is 5.97 Å². The molecule has 2 aromatic heterocycles. The van der Waals surface area contributed by atoms with Crippen LogP contribution in [0.5, 0.6) is 0 Å². The van der Waals surface area contributed by atoms with Crippen LogP contribution in [-0.4, -0.2) is 25.8 Å². The Labute approximate surface area is 109 Å². The summed E-state index contributed by atoms with van der Waals surface area (Å²) in [6.07, 6.45) is 1.70. The number of carbonyl (C=O) groups is 1. The first kappa shape index (κ1) is 12.8. The third-order valence-electron chi connectivity index (χ3n) is 2.63. The van der Waals surface area contributed by atoms with Gasteiger partial charge in [0, 0.05) is 12.7 Å². The van der Waals surface area contributed by atoms with Crippen molar-refractivity contribution in [2.75, 3.05) is 0 Å². The van der Waals surface area contributed by atoms with Crippen LogP contribution in [0.25, 0.3) is 10.7 Å². The molecule has 0 unspecified atom stereocenters. The predicted molar refractivity (Wildman–Crippen MR) is 70.1 cm³/mol. The van der Waals surface area contributed by atoms with E-state index in [4.69, 9.17) is 0 Å². The largest absolute Gasteiger partial charge is 0.477 e. The maximum Gasteiger partial charge on any atom is 0.347 e. The number of aromatic nitrogens is 3. The fourth-order valence-corrected chi connectivity index (χ4v) is 2.84. The Kier molecular flexibility index (Phi) is 3.47. The molecule has 0 fully saturated rings. The third-order valence-corrected chi connectivity index (χ3v) is 3.71. The molecule has 2 rings (SSSR count). The van der Waals surface area contributed by atoms with Crippen LogP contribution in [0.4, 0.5) is 0 Å². The van der Waals surface area contributed by atoms with Gasteiger partial charge in [0.05, 0.1) is 11.4 Å². The highest BCUT2D eigenvalue weighted by atomic mass is 32.1. The molecule has 5 nitrogen and oxygen atoms in total. The molecule has 96 valence electrons. The van der Waals surface area contributed by atoms with Crippen LogP contribution in [0.15, 0.2) is 12.3 Å². The number of thiazole rings is 1. The molecule has 1 N–H and O–H groups in total. The van der Waals surface area contributed by atoms with Gasteiger partial charge in [-0.1, -0.05) is 13.8 Å². The molecule has 2 heterocycles. The summed E-state index contributed by atoms with van der Waals surface area (Å²) in [4.78, 5) is 16.0. The van der Waals surface area contributed by atoms with Gasteiger partial charge in [-0.3, -0.25) is 4.68 Å². The van der Waals surface area contributed by atoms with Gasteiger partial charge in [0.15, 0.2) is 0 Å². The molecular weight excluding hydrogens is 250 g/mol. The highest BCUT2D eigenvalue weighted by Crippen LogP contribution is 2.31. The molecule has 0 bridgehead atoms. The summed E-state index contributed by atoms with van der Waals surface area (Å²) in [5, 5.41) is 14.1. The van der Waals surface area contributed by atoms with E-state index in [0.717, 1.165) is 17.2 Å². The molecule has 2 aromatic rings. The maximum absolute atomic E-state index is 11.2. The molecule has 0 radical (unpaired) electrons. The van der Waals surface area contributed by atoms with Crippen molar-refractivity contribution in [1.82, 2.24) is 14.8 Å². The van der Waals surface area contributed by atoms with Crippen LogP contribution in [0.1, 0.15) is 42.1 Å². The molecule has 6 heteroatoms. The summed E-state index contributed by atoms with van der Waals surface area (Å²) < 4.78 is 1.81. The maximum atomic E-state index is 11.2. The Morgan fingerprint density at radius 3 is 2.78 bits per heavy atom. The topological polar surface area (TPSA) is 68.0 Å². The summed E-state index contributed by atoms with van der Waals surface area (Å²) in [6.45, 7) is 6.62. The van der Waals surface area contributed by atoms with E-state index in [0.29, 0.717) is 10.6 Å². The molecule has 0 aliphatic heterocycles. The number of hydrogen-bond acceptors (Lipinski definition) is 4. The minimum atomic E-state index is -0.912. The van der Waals surface area contributed by atoms with Gasteiger partial charge in [-0.2, -0.15) is 5.10 Å². The highest BCUT2D eigenvalue weighted by molar-refractivity contribution is 7.17. The minimum Gasteiger partial charge on any atom is -0.477 e. The van der Waals surface area contributed by atoms with E-state index in [1.165, 1.54) is 11.3 Å². The van der Waals surface area contributed by atoms with Gasteiger partial charge in [-0.25, -0.2) is 9.78 Å². The fraction of sp³-hybridized carbons (Fsp3) is 0.417. The molecule has 0 spiro atoms. The molecule has 0 saturated carbocycles. The highest BCUT2D eigenvalue weighted by Gasteiger charge is 2.21. The third kappa shape index (κ3) is 2.15. The zero-order valence-electron chi connectivity index (χ0n) is 10.5. The number of nitrogens with zero attached hydrogens (tertiary/aromatic N) is 3. The summed E-state index contributed by atoms with van der Waals surface area (Å²) in [6, 6.07) is 1.86. The second kappa shape index (κ2) is 4.89. The molecule has 0 aliphatic carbocycles. The lowest BCUT2D eigenvalue weighted by atomic mass is 10.1. The van der Waals surface area contributed by atoms with Crippen molar-refractivity contribution in [2.45, 2.75) is 33.2 Å². The van der Waals surface area contributed by atoms with Crippen LogP contribution < -0.4 is 0 Å². The number of hydrogen-bond donors (Lipinski definition) is 1. The van der Waals surface area contributed by atoms with E-state index in [9.17, 15) is 9.90 Å². The first-order valence-electron chi connectivity index (χ1n) is 5.80. The van der Waals surface area contributed by atoms with Crippen LogP contribution in [0, 0.1) is 0 Å². The van der Waals surface area contributed by atoms with Crippen LogP contribution in [0.2, 0.25) is 0 Å². The number of aromatic carboxylic acids is 1. The van der Waals surface area contributed by atoms with Crippen molar-refractivity contribution in [3.63, 3.8) is 0 Å². The summed E-state index contributed by atoms with van der Waals surface area (Å²) in [5.74, 6) is -0.816. The lowest BCUT2D eigenvalue weighted by molar-refractivity contribution is 0.0700. The van der Waals surface area contributed by atoms with Gasteiger partial charge < -0.3 is 5.11 Å². The predicted octanol–water partition coefficient (Wildman–Crippen LogP) is 2.85. The number of carboxylic acids is 1. The Morgan fingerprint density at radius 1 is 1.56 bits per heavy atom. The van der Waals surface area contributed by atoms with E-state index in [-0.39, 0.29) is 5.92 Å². The molecule has 18 heavy (non-hydrogen) atoms. The van der Waals surface area contributed by atoms with Crippen LogP contribution in [-0.2, 0) is 6.54 Å². The molecule has 0 amide bonds. The lowest BCUT2D eigenvalue weighted by Gasteiger charge is -2.01. The van der Waals surface area contributed by atoms with Crippen LogP contribution >= 0.6 is 11.3 Å². The minimum absolute atomic E-state index is 0.0964. The Hall–Kier alpha value is -1.69. The Bertz CT molecular complexity index is 572. The molecule has 0 aromatic carbocycles. The van der Waals surface area contributed by atoms with E-state index in [2.05, 4.69) is 10.1 Å². The van der Waals surface area contributed by atoms with E-state index >= 15 is 0 Å². The smallest absolute Gasteiger partial charge is 0.347 e. The van der Waals surface area contributed by atoms with Gasteiger partial charge in [0.2, 0.25) is 0 Å². The number of aryl methyl sites for hydroxylation is 1. The first-order chi connectivity index (χ1) is 8.54. The monoisotopic (exact) mass is 265 g/mol. The SMILES string of the molecule is CCn1nccc1-c1nc(C(C)C)c(C(=O)O)s1. The number of rotatable bonds is 4. The Balaban J connectivity index is 2.53. The zero-order chi connectivity index (χ0) is 13.3. The first-order valence-corrected chi connectivity index (χ1v) is 6.62. The summed E-state index contributed by atoms with van der Waals surface area (Å²) in [7, 11) is 0. The molecule has 0 aliphatic rings. The van der Waals surface area contributed by atoms with Gasteiger partial charge in [-0.05, 0) is 18.9 Å². The summed E-state index contributed by atoms with van der Waals surface area (Å²) in [5.41, 5.74) is 1.52. The van der Waals surface area contributed by atoms with Crippen molar-refractivity contribution in [2.24, 2.45) is 0 Å². The lowest BCUT2D eigenvalue weighted by Crippen LogP contribution is -2.00.